The molecule has 0 saturated carbocycles. The number of nitrogens with one attached hydrogen (secondary N) is 2. The first-order valence-electron chi connectivity index (χ1n) is 7.83. The molecule has 1 aromatic rings. The number of hydrogen-bond acceptors (Lipinski definition) is 4. The van der Waals surface area contributed by atoms with Gasteiger partial charge in [-0.25, -0.2) is 0 Å². The van der Waals surface area contributed by atoms with Gasteiger partial charge in [0.25, 0.3) is 0 Å². The van der Waals surface area contributed by atoms with E-state index in [-0.39, 0.29) is 11.9 Å². The lowest BCUT2D eigenvalue weighted by atomic mass is 10.0. The third kappa shape index (κ3) is 3.91. The Morgan fingerprint density at radius 2 is 2.29 bits per heavy atom. The Labute approximate surface area is 130 Å². The van der Waals surface area contributed by atoms with E-state index in [4.69, 9.17) is 12.2 Å². The van der Waals surface area contributed by atoms with E-state index in [1.165, 1.54) is 6.42 Å². The average Bonchev–Trinajstić information content (AvgIpc) is 2.87. The predicted octanol–water partition coefficient (Wildman–Crippen LogP) is 1.49. The number of likely N-dealkylation sites (N-methyl/N-ethyl adjacent to an activating group) is 1. The van der Waals surface area contributed by atoms with Gasteiger partial charge in [0, 0.05) is 19.5 Å². The van der Waals surface area contributed by atoms with Gasteiger partial charge in [-0.3, -0.25) is 14.8 Å². The fraction of sp³-hybridized carbons (Fsp3) is 0.786. The van der Waals surface area contributed by atoms with E-state index in [0.29, 0.717) is 17.9 Å². The van der Waals surface area contributed by atoms with Crippen LogP contribution in [0.4, 0.5) is 0 Å². The Balaban J connectivity index is 1.86. The van der Waals surface area contributed by atoms with E-state index < -0.39 is 0 Å². The van der Waals surface area contributed by atoms with Gasteiger partial charge in [0.1, 0.15) is 5.82 Å². The number of piperidine rings is 1. The zero-order valence-electron chi connectivity index (χ0n) is 12.9. The van der Waals surface area contributed by atoms with Crippen molar-refractivity contribution in [1.29, 1.82) is 0 Å². The molecule has 1 aliphatic heterocycles. The molecule has 1 atom stereocenters. The quantitative estimate of drug-likeness (QED) is 0.781. The van der Waals surface area contributed by atoms with Crippen LogP contribution >= 0.6 is 12.2 Å². The Bertz CT molecular complexity index is 524. The van der Waals surface area contributed by atoms with Gasteiger partial charge in [-0.1, -0.05) is 20.3 Å². The van der Waals surface area contributed by atoms with Crippen LogP contribution in [0.25, 0.3) is 0 Å². The van der Waals surface area contributed by atoms with Gasteiger partial charge in [0.05, 0.1) is 6.04 Å². The second kappa shape index (κ2) is 7.70. The molecule has 0 unspecified atom stereocenters. The number of aromatic amines is 1. The summed E-state index contributed by atoms with van der Waals surface area (Å²) in [6.45, 7) is 7.38. The normalized spacial score (nSPS) is 19.6. The maximum atomic E-state index is 12.3. The number of rotatable bonds is 6. The molecule has 7 heteroatoms. The standard InChI is InChI=1S/C14H25N5OS/c1-3-12-16-17-14(21)19(12)10-8-15-13(20)11-7-5-6-9-18(11)4-2/h11H,3-10H2,1-2H3,(H,15,20)(H,17,21)/t11-/m0/s1. The van der Waals surface area contributed by atoms with E-state index in [1.807, 2.05) is 11.5 Å². The monoisotopic (exact) mass is 311 g/mol. The average molecular weight is 311 g/mol. The van der Waals surface area contributed by atoms with Gasteiger partial charge in [-0.2, -0.15) is 5.10 Å². The number of H-pyrrole nitrogens is 1. The van der Waals surface area contributed by atoms with Crippen LogP contribution in [0.1, 0.15) is 38.9 Å². The first-order chi connectivity index (χ1) is 10.2. The third-order valence-corrected chi connectivity index (χ3v) is 4.42. The molecule has 1 saturated heterocycles. The molecule has 0 bridgehead atoms. The summed E-state index contributed by atoms with van der Waals surface area (Å²) < 4.78 is 2.57. The molecule has 2 rings (SSSR count). The highest BCUT2D eigenvalue weighted by Gasteiger charge is 2.26. The molecule has 21 heavy (non-hydrogen) atoms. The first kappa shape index (κ1) is 16.2. The van der Waals surface area contributed by atoms with Crippen molar-refractivity contribution in [3.63, 3.8) is 0 Å². The minimum atomic E-state index is 0.0340. The Hall–Kier alpha value is -1.21. The molecule has 0 radical (unpaired) electrons. The largest absolute Gasteiger partial charge is 0.353 e. The van der Waals surface area contributed by atoms with Gasteiger partial charge in [0.15, 0.2) is 4.77 Å². The number of nitrogens with zero attached hydrogens (tertiary/aromatic N) is 3. The van der Waals surface area contributed by atoms with Crippen molar-refractivity contribution >= 4 is 18.1 Å². The lowest BCUT2D eigenvalue weighted by Crippen LogP contribution is -2.49. The second-order valence-corrected chi connectivity index (χ2v) is 5.77. The van der Waals surface area contributed by atoms with E-state index in [1.54, 1.807) is 0 Å². The molecule has 118 valence electrons. The first-order valence-corrected chi connectivity index (χ1v) is 8.24. The lowest BCUT2D eigenvalue weighted by molar-refractivity contribution is -0.127. The topological polar surface area (TPSA) is 66.0 Å². The number of hydrogen-bond donors (Lipinski definition) is 2. The van der Waals surface area contributed by atoms with Crippen molar-refractivity contribution in [3.8, 4) is 0 Å². The van der Waals surface area contributed by atoms with E-state index in [9.17, 15) is 4.79 Å². The summed E-state index contributed by atoms with van der Waals surface area (Å²) in [5.41, 5.74) is 0. The van der Waals surface area contributed by atoms with Crippen molar-refractivity contribution in [2.45, 2.75) is 52.1 Å². The molecule has 1 aliphatic rings. The van der Waals surface area contributed by atoms with Crippen molar-refractivity contribution in [1.82, 2.24) is 25.0 Å². The molecule has 0 aromatic carbocycles. The SMILES string of the molecule is CCc1n[nH]c(=S)n1CCNC(=O)[C@@H]1CCCCN1CC. The predicted molar refractivity (Wildman–Crippen MR) is 84.7 cm³/mol. The van der Waals surface area contributed by atoms with Gasteiger partial charge in [0.2, 0.25) is 5.91 Å². The minimum absolute atomic E-state index is 0.0340. The summed E-state index contributed by atoms with van der Waals surface area (Å²) >= 11 is 5.20. The van der Waals surface area contributed by atoms with Crippen molar-refractivity contribution in [2.75, 3.05) is 19.6 Å². The summed E-state index contributed by atoms with van der Waals surface area (Å²) in [4.78, 5) is 14.6. The summed E-state index contributed by atoms with van der Waals surface area (Å²) in [5.74, 6) is 1.08. The molecule has 0 spiro atoms. The number of likely N-dealkylation sites (tertiary alicyclic amines) is 1. The van der Waals surface area contributed by atoms with Crippen molar-refractivity contribution in [2.24, 2.45) is 0 Å². The highest BCUT2D eigenvalue weighted by Crippen LogP contribution is 2.16. The van der Waals surface area contributed by atoms with Gasteiger partial charge in [-0.15, -0.1) is 0 Å². The summed E-state index contributed by atoms with van der Waals surface area (Å²) in [6, 6.07) is 0.0340. The van der Waals surface area contributed by atoms with Crippen molar-refractivity contribution < 1.29 is 4.79 Å². The molecule has 1 aromatic heterocycles. The number of carbonyl (C=O) groups is 1. The van der Waals surface area contributed by atoms with Crippen LogP contribution in [-0.4, -0.2) is 51.2 Å². The molecular formula is C14H25N5OS. The van der Waals surface area contributed by atoms with Crippen molar-refractivity contribution in [3.05, 3.63) is 10.6 Å². The van der Waals surface area contributed by atoms with Gasteiger partial charge < -0.3 is 9.88 Å². The summed E-state index contributed by atoms with van der Waals surface area (Å²) in [5, 5.41) is 10.0. The molecule has 0 aliphatic carbocycles. The maximum Gasteiger partial charge on any atom is 0.237 e. The molecule has 2 N–H and O–H groups in total. The van der Waals surface area contributed by atoms with Gasteiger partial charge >= 0.3 is 0 Å². The Morgan fingerprint density at radius 1 is 1.48 bits per heavy atom. The summed E-state index contributed by atoms with van der Waals surface area (Å²) in [7, 11) is 0. The number of amides is 1. The second-order valence-electron chi connectivity index (χ2n) is 5.38. The fourth-order valence-corrected chi connectivity index (χ4v) is 3.17. The van der Waals surface area contributed by atoms with Crippen LogP contribution in [0.5, 0.6) is 0 Å². The lowest BCUT2D eigenvalue weighted by Gasteiger charge is -2.33. The van der Waals surface area contributed by atoms with E-state index in [2.05, 4.69) is 27.3 Å². The third-order valence-electron chi connectivity index (χ3n) is 4.11. The molecule has 6 nitrogen and oxygen atoms in total. The highest BCUT2D eigenvalue weighted by molar-refractivity contribution is 7.71. The van der Waals surface area contributed by atoms with Crippen LogP contribution in [0.2, 0.25) is 0 Å². The molecule has 1 fully saturated rings. The number of aryl methyl sites for hydroxylation is 1. The van der Waals surface area contributed by atoms with Gasteiger partial charge in [-0.05, 0) is 38.1 Å². The smallest absolute Gasteiger partial charge is 0.237 e. The minimum Gasteiger partial charge on any atom is -0.353 e. The molecule has 1 amide bonds. The van der Waals surface area contributed by atoms with E-state index >= 15 is 0 Å². The van der Waals surface area contributed by atoms with Crippen LogP contribution in [0.3, 0.4) is 0 Å². The molecular weight excluding hydrogens is 286 g/mol. The number of aromatic nitrogens is 3. The molecule has 2 heterocycles. The fourth-order valence-electron chi connectivity index (χ4n) is 2.93. The van der Waals surface area contributed by atoms with Crippen LogP contribution < -0.4 is 5.32 Å². The Kier molecular flexibility index (Phi) is 5.93. The van der Waals surface area contributed by atoms with E-state index in [0.717, 1.165) is 38.2 Å². The van der Waals surface area contributed by atoms with Crippen LogP contribution in [0.15, 0.2) is 0 Å². The maximum absolute atomic E-state index is 12.3. The van der Waals surface area contributed by atoms with Crippen LogP contribution in [-0.2, 0) is 17.8 Å². The zero-order chi connectivity index (χ0) is 15.2. The number of carbonyl (C=O) groups excluding carboxylic acids is 1. The Morgan fingerprint density at radius 3 is 3.00 bits per heavy atom. The zero-order valence-corrected chi connectivity index (χ0v) is 13.7. The summed E-state index contributed by atoms with van der Waals surface area (Å²) in [6.07, 6.45) is 4.13. The highest BCUT2D eigenvalue weighted by atomic mass is 32.1. The van der Waals surface area contributed by atoms with Crippen LogP contribution in [0, 0.1) is 4.77 Å².